The number of carbonyl (C=O) groups is 2. The van der Waals surface area contributed by atoms with Crippen molar-refractivity contribution >= 4 is 17.6 Å². The maximum atomic E-state index is 11.9. The van der Waals surface area contributed by atoms with Crippen LogP contribution < -0.4 is 10.2 Å². The number of nitrogens with one attached hydrogen (secondary N) is 1. The summed E-state index contributed by atoms with van der Waals surface area (Å²) in [6.45, 7) is 4.07. The number of hydrogen-bond acceptors (Lipinski definition) is 3. The summed E-state index contributed by atoms with van der Waals surface area (Å²) in [7, 11) is 1.58. The number of carboxylic acid groups (broad SMARTS) is 1. The molecule has 0 saturated carbocycles. The van der Waals surface area contributed by atoms with Crippen LogP contribution in [0, 0.1) is 0 Å². The van der Waals surface area contributed by atoms with Crippen molar-refractivity contribution in [2.75, 3.05) is 18.5 Å². The summed E-state index contributed by atoms with van der Waals surface area (Å²) >= 11 is 0. The summed E-state index contributed by atoms with van der Waals surface area (Å²) in [6.07, 6.45) is 0. The predicted molar refractivity (Wildman–Crippen MR) is 70.0 cm³/mol. The third-order valence-corrected chi connectivity index (χ3v) is 2.53. The van der Waals surface area contributed by atoms with Crippen molar-refractivity contribution in [3.05, 3.63) is 29.8 Å². The van der Waals surface area contributed by atoms with E-state index < -0.39 is 5.97 Å². The second-order valence-electron chi connectivity index (χ2n) is 4.31. The first-order valence-electron chi connectivity index (χ1n) is 5.75. The molecule has 1 aromatic carbocycles. The largest absolute Gasteiger partial charge is 0.478 e. The Hall–Kier alpha value is -1.88. The van der Waals surface area contributed by atoms with Crippen LogP contribution in [0.4, 0.5) is 5.69 Å². The van der Waals surface area contributed by atoms with Crippen LogP contribution in [0.2, 0.25) is 0 Å². The molecule has 18 heavy (non-hydrogen) atoms. The van der Waals surface area contributed by atoms with E-state index in [-0.39, 0.29) is 24.1 Å². The molecule has 1 aromatic rings. The van der Waals surface area contributed by atoms with Gasteiger partial charge in [0.25, 0.3) is 0 Å². The van der Waals surface area contributed by atoms with E-state index in [1.54, 1.807) is 25.2 Å². The zero-order valence-corrected chi connectivity index (χ0v) is 10.8. The number of carboxylic acids is 1. The molecule has 0 saturated heterocycles. The van der Waals surface area contributed by atoms with Gasteiger partial charge >= 0.3 is 5.97 Å². The molecule has 98 valence electrons. The molecule has 0 unspecified atom stereocenters. The number of anilines is 1. The highest BCUT2D eigenvalue weighted by Gasteiger charge is 2.17. The average molecular weight is 250 g/mol. The summed E-state index contributed by atoms with van der Waals surface area (Å²) in [5, 5.41) is 12.1. The Balaban J connectivity index is 2.86. The van der Waals surface area contributed by atoms with Crippen LogP contribution in [0.25, 0.3) is 0 Å². The van der Waals surface area contributed by atoms with Crippen molar-refractivity contribution in [1.82, 2.24) is 5.32 Å². The van der Waals surface area contributed by atoms with Gasteiger partial charge in [-0.05, 0) is 12.1 Å². The minimum absolute atomic E-state index is 0.123. The zero-order chi connectivity index (χ0) is 13.7. The molecule has 5 heteroatoms. The SMILES string of the molecule is CC(C)NCC(=O)N(C)c1ccccc1C(=O)O. The first kappa shape index (κ1) is 14.2. The molecule has 0 aliphatic rings. The molecule has 0 spiro atoms. The zero-order valence-electron chi connectivity index (χ0n) is 10.8. The van der Waals surface area contributed by atoms with Crippen LogP contribution in [-0.4, -0.2) is 36.6 Å². The molecule has 0 heterocycles. The van der Waals surface area contributed by atoms with Crippen molar-refractivity contribution in [2.45, 2.75) is 19.9 Å². The maximum absolute atomic E-state index is 11.9. The number of likely N-dealkylation sites (N-methyl/N-ethyl adjacent to an activating group) is 1. The number of para-hydroxylation sites is 1. The van der Waals surface area contributed by atoms with Gasteiger partial charge in [0, 0.05) is 13.1 Å². The van der Waals surface area contributed by atoms with Gasteiger partial charge in [0.2, 0.25) is 5.91 Å². The second-order valence-corrected chi connectivity index (χ2v) is 4.31. The maximum Gasteiger partial charge on any atom is 0.337 e. The number of nitrogens with zero attached hydrogens (tertiary/aromatic N) is 1. The highest BCUT2D eigenvalue weighted by Crippen LogP contribution is 2.19. The Labute approximate surface area is 106 Å². The summed E-state index contributed by atoms with van der Waals surface area (Å²) in [5.41, 5.74) is 0.526. The molecule has 0 aliphatic heterocycles. The molecular formula is C13H18N2O3. The number of rotatable bonds is 5. The van der Waals surface area contributed by atoms with Gasteiger partial charge in [-0.2, -0.15) is 0 Å². The first-order chi connectivity index (χ1) is 8.43. The van der Waals surface area contributed by atoms with E-state index in [0.29, 0.717) is 5.69 Å². The minimum atomic E-state index is -1.04. The van der Waals surface area contributed by atoms with Gasteiger partial charge in [-0.25, -0.2) is 4.79 Å². The van der Waals surface area contributed by atoms with Crippen LogP contribution in [-0.2, 0) is 4.79 Å². The molecule has 2 N–H and O–H groups in total. The smallest absolute Gasteiger partial charge is 0.337 e. The van der Waals surface area contributed by atoms with Crippen molar-refractivity contribution in [1.29, 1.82) is 0 Å². The van der Waals surface area contributed by atoms with E-state index in [4.69, 9.17) is 5.11 Å². The molecular weight excluding hydrogens is 232 g/mol. The van der Waals surface area contributed by atoms with Gasteiger partial charge in [-0.15, -0.1) is 0 Å². The van der Waals surface area contributed by atoms with E-state index >= 15 is 0 Å². The van der Waals surface area contributed by atoms with Crippen LogP contribution in [0.5, 0.6) is 0 Å². The Morgan fingerprint density at radius 1 is 1.33 bits per heavy atom. The standard InChI is InChI=1S/C13H18N2O3/c1-9(2)14-8-12(16)15(3)11-7-5-4-6-10(11)13(17)18/h4-7,9,14H,8H2,1-3H3,(H,17,18). The predicted octanol–water partition coefficient (Wildman–Crippen LogP) is 1.35. The molecule has 0 fully saturated rings. The lowest BCUT2D eigenvalue weighted by molar-refractivity contribution is -0.117. The lowest BCUT2D eigenvalue weighted by Crippen LogP contribution is -2.38. The first-order valence-corrected chi connectivity index (χ1v) is 5.75. The van der Waals surface area contributed by atoms with E-state index in [1.165, 1.54) is 11.0 Å². The summed E-state index contributed by atoms with van der Waals surface area (Å²) in [4.78, 5) is 24.3. The molecule has 0 aliphatic carbocycles. The average Bonchev–Trinajstić information content (AvgIpc) is 2.34. The van der Waals surface area contributed by atoms with Crippen LogP contribution in [0.15, 0.2) is 24.3 Å². The summed E-state index contributed by atoms with van der Waals surface area (Å²) < 4.78 is 0. The second kappa shape index (κ2) is 6.16. The number of carbonyl (C=O) groups excluding carboxylic acids is 1. The van der Waals surface area contributed by atoms with Crippen molar-refractivity contribution in [2.24, 2.45) is 0 Å². The molecule has 0 radical (unpaired) electrons. The van der Waals surface area contributed by atoms with Crippen LogP contribution in [0.3, 0.4) is 0 Å². The van der Waals surface area contributed by atoms with Crippen molar-refractivity contribution < 1.29 is 14.7 Å². The highest BCUT2D eigenvalue weighted by atomic mass is 16.4. The molecule has 0 bridgehead atoms. The minimum Gasteiger partial charge on any atom is -0.478 e. The molecule has 0 aromatic heterocycles. The van der Waals surface area contributed by atoms with E-state index in [0.717, 1.165) is 0 Å². The molecule has 0 atom stereocenters. The van der Waals surface area contributed by atoms with E-state index in [1.807, 2.05) is 13.8 Å². The molecule has 1 rings (SSSR count). The Kier molecular flexibility index (Phi) is 4.85. The van der Waals surface area contributed by atoms with Gasteiger partial charge in [0.1, 0.15) is 0 Å². The van der Waals surface area contributed by atoms with E-state index in [2.05, 4.69) is 5.32 Å². The number of aromatic carboxylic acids is 1. The fourth-order valence-electron chi connectivity index (χ4n) is 1.49. The Morgan fingerprint density at radius 3 is 2.50 bits per heavy atom. The highest BCUT2D eigenvalue weighted by molar-refractivity contribution is 6.02. The lowest BCUT2D eigenvalue weighted by Gasteiger charge is -2.20. The van der Waals surface area contributed by atoms with Crippen LogP contribution in [0.1, 0.15) is 24.2 Å². The van der Waals surface area contributed by atoms with Crippen LogP contribution >= 0.6 is 0 Å². The number of amides is 1. The summed E-state index contributed by atoms with van der Waals surface area (Å²) in [6, 6.07) is 6.66. The molecule has 5 nitrogen and oxygen atoms in total. The van der Waals surface area contributed by atoms with Crippen molar-refractivity contribution in [3.63, 3.8) is 0 Å². The molecule has 1 amide bonds. The lowest BCUT2D eigenvalue weighted by atomic mass is 10.1. The van der Waals surface area contributed by atoms with Gasteiger partial charge < -0.3 is 15.3 Å². The Bertz CT molecular complexity index is 444. The normalized spacial score (nSPS) is 10.4. The number of benzene rings is 1. The topological polar surface area (TPSA) is 69.6 Å². The van der Waals surface area contributed by atoms with Gasteiger partial charge in [-0.3, -0.25) is 4.79 Å². The van der Waals surface area contributed by atoms with E-state index in [9.17, 15) is 9.59 Å². The monoisotopic (exact) mass is 250 g/mol. The fourth-order valence-corrected chi connectivity index (χ4v) is 1.49. The van der Waals surface area contributed by atoms with Gasteiger partial charge in [-0.1, -0.05) is 26.0 Å². The summed E-state index contributed by atoms with van der Waals surface area (Å²) in [5.74, 6) is -1.21. The Morgan fingerprint density at radius 2 is 1.94 bits per heavy atom. The van der Waals surface area contributed by atoms with Gasteiger partial charge in [0.05, 0.1) is 17.8 Å². The quantitative estimate of drug-likeness (QED) is 0.827. The fraction of sp³-hybridized carbons (Fsp3) is 0.385. The number of hydrogen-bond donors (Lipinski definition) is 2. The third kappa shape index (κ3) is 3.56. The van der Waals surface area contributed by atoms with Crippen molar-refractivity contribution in [3.8, 4) is 0 Å². The third-order valence-electron chi connectivity index (χ3n) is 2.53. The van der Waals surface area contributed by atoms with Gasteiger partial charge in [0.15, 0.2) is 0 Å².